The number of hydrogen-bond donors (Lipinski definition) is 2. The molecule has 6 heteroatoms. The zero-order valence-corrected chi connectivity index (χ0v) is 16.9. The van der Waals surface area contributed by atoms with E-state index in [0.717, 1.165) is 12.0 Å². The third kappa shape index (κ3) is 4.47. The van der Waals surface area contributed by atoms with E-state index < -0.39 is 11.9 Å². The van der Waals surface area contributed by atoms with Crippen molar-refractivity contribution in [2.45, 2.75) is 38.1 Å². The Balaban J connectivity index is 1.62. The number of hydrogen-bond acceptors (Lipinski definition) is 3. The number of amides is 3. The number of nitrogens with zero attached hydrogens (tertiary/aromatic N) is 1. The molecule has 3 rings (SSSR count). The van der Waals surface area contributed by atoms with Crippen LogP contribution in [0.5, 0.6) is 0 Å². The standard InChI is InChI=1S/C23H27N3O3/c1-23(2,17-7-4-3-5-8-17)18-12-10-16(11-13-18)22(29)25-15-20(27)26-14-6-9-19(26)21(24)28/h3-5,7-8,10-13,19H,6,9,14-15H2,1-2H3,(H2,24,28)(H,25,29). The summed E-state index contributed by atoms with van der Waals surface area (Å²) in [5.74, 6) is -1.11. The molecule has 3 amide bonds. The minimum atomic E-state index is -0.570. The van der Waals surface area contributed by atoms with Crippen molar-refractivity contribution in [3.8, 4) is 0 Å². The summed E-state index contributed by atoms with van der Waals surface area (Å²) in [5.41, 5.74) is 7.93. The molecule has 1 heterocycles. The monoisotopic (exact) mass is 393 g/mol. The van der Waals surface area contributed by atoms with Crippen molar-refractivity contribution in [3.05, 3.63) is 71.3 Å². The normalized spacial score (nSPS) is 16.5. The lowest BCUT2D eigenvalue weighted by atomic mass is 9.78. The van der Waals surface area contributed by atoms with Crippen molar-refractivity contribution >= 4 is 17.7 Å². The first-order chi connectivity index (χ1) is 13.8. The molecule has 1 unspecified atom stereocenters. The second kappa shape index (κ2) is 8.47. The van der Waals surface area contributed by atoms with Gasteiger partial charge in [0.05, 0.1) is 6.54 Å². The molecule has 0 radical (unpaired) electrons. The SMILES string of the molecule is CC(C)(c1ccccc1)c1ccc(C(=O)NCC(=O)N2CCCC2C(N)=O)cc1. The highest BCUT2D eigenvalue weighted by Crippen LogP contribution is 2.31. The van der Waals surface area contributed by atoms with Crippen molar-refractivity contribution in [1.82, 2.24) is 10.2 Å². The fraction of sp³-hybridized carbons (Fsp3) is 0.348. The lowest BCUT2D eigenvalue weighted by molar-refractivity contribution is -0.136. The van der Waals surface area contributed by atoms with Crippen molar-refractivity contribution < 1.29 is 14.4 Å². The first kappa shape index (κ1) is 20.6. The zero-order chi connectivity index (χ0) is 21.0. The molecule has 1 aliphatic heterocycles. The molecule has 29 heavy (non-hydrogen) atoms. The van der Waals surface area contributed by atoms with Crippen molar-refractivity contribution in [2.75, 3.05) is 13.1 Å². The molecule has 152 valence electrons. The maximum atomic E-state index is 12.4. The topological polar surface area (TPSA) is 92.5 Å². The van der Waals surface area contributed by atoms with Gasteiger partial charge >= 0.3 is 0 Å². The molecule has 1 aliphatic rings. The Labute approximate surface area is 171 Å². The first-order valence-electron chi connectivity index (χ1n) is 9.84. The predicted molar refractivity (Wildman–Crippen MR) is 111 cm³/mol. The molecule has 3 N–H and O–H groups in total. The Morgan fingerprint density at radius 3 is 2.28 bits per heavy atom. The highest BCUT2D eigenvalue weighted by molar-refractivity contribution is 5.97. The second-order valence-electron chi connectivity index (χ2n) is 7.90. The number of carbonyl (C=O) groups excluding carboxylic acids is 3. The van der Waals surface area contributed by atoms with Crippen LogP contribution in [0.25, 0.3) is 0 Å². The number of likely N-dealkylation sites (tertiary alicyclic amines) is 1. The minimum Gasteiger partial charge on any atom is -0.368 e. The van der Waals surface area contributed by atoms with Crippen molar-refractivity contribution in [1.29, 1.82) is 0 Å². The Morgan fingerprint density at radius 2 is 1.66 bits per heavy atom. The van der Waals surface area contributed by atoms with Crippen LogP contribution in [0.1, 0.15) is 48.2 Å². The quantitative estimate of drug-likeness (QED) is 0.788. The highest BCUT2D eigenvalue weighted by atomic mass is 16.2. The van der Waals surface area contributed by atoms with E-state index in [0.29, 0.717) is 18.5 Å². The van der Waals surface area contributed by atoms with Gasteiger partial charge in [0.2, 0.25) is 11.8 Å². The van der Waals surface area contributed by atoms with E-state index in [1.807, 2.05) is 30.3 Å². The maximum Gasteiger partial charge on any atom is 0.251 e. The fourth-order valence-corrected chi connectivity index (χ4v) is 3.78. The molecule has 1 fully saturated rings. The van der Waals surface area contributed by atoms with E-state index in [-0.39, 0.29) is 23.8 Å². The molecule has 6 nitrogen and oxygen atoms in total. The van der Waals surface area contributed by atoms with E-state index in [2.05, 4.69) is 31.3 Å². The number of primary amides is 1. The smallest absolute Gasteiger partial charge is 0.251 e. The summed E-state index contributed by atoms with van der Waals surface area (Å²) in [7, 11) is 0. The Morgan fingerprint density at radius 1 is 1.03 bits per heavy atom. The van der Waals surface area contributed by atoms with Gasteiger partial charge in [0, 0.05) is 17.5 Å². The van der Waals surface area contributed by atoms with E-state index in [1.54, 1.807) is 12.1 Å². The van der Waals surface area contributed by atoms with Crippen LogP contribution in [0.2, 0.25) is 0 Å². The van der Waals surface area contributed by atoms with Gasteiger partial charge in [-0.15, -0.1) is 0 Å². The molecule has 2 aromatic carbocycles. The lowest BCUT2D eigenvalue weighted by Crippen LogP contribution is -2.47. The van der Waals surface area contributed by atoms with Crippen LogP contribution >= 0.6 is 0 Å². The number of benzene rings is 2. The zero-order valence-electron chi connectivity index (χ0n) is 16.9. The summed E-state index contributed by atoms with van der Waals surface area (Å²) < 4.78 is 0. The van der Waals surface area contributed by atoms with Crippen LogP contribution in [0.3, 0.4) is 0 Å². The Bertz CT molecular complexity index is 891. The van der Waals surface area contributed by atoms with Gasteiger partial charge in [-0.25, -0.2) is 0 Å². The number of nitrogens with two attached hydrogens (primary N) is 1. The van der Waals surface area contributed by atoms with Gasteiger partial charge in [-0.3, -0.25) is 14.4 Å². The van der Waals surface area contributed by atoms with Gasteiger partial charge in [0.25, 0.3) is 5.91 Å². The average molecular weight is 393 g/mol. The fourth-order valence-electron chi connectivity index (χ4n) is 3.78. The van der Waals surface area contributed by atoms with E-state index in [4.69, 9.17) is 5.73 Å². The third-order valence-corrected chi connectivity index (χ3v) is 5.67. The van der Waals surface area contributed by atoms with Crippen LogP contribution in [0.4, 0.5) is 0 Å². The number of rotatable bonds is 6. The van der Waals surface area contributed by atoms with Gasteiger partial charge in [-0.2, -0.15) is 0 Å². The summed E-state index contributed by atoms with van der Waals surface area (Å²) >= 11 is 0. The minimum absolute atomic E-state index is 0.153. The average Bonchev–Trinajstić information content (AvgIpc) is 3.23. The summed E-state index contributed by atoms with van der Waals surface area (Å²) in [6.45, 7) is 4.62. The van der Waals surface area contributed by atoms with Gasteiger partial charge < -0.3 is 16.0 Å². The maximum absolute atomic E-state index is 12.4. The molecule has 0 bridgehead atoms. The largest absolute Gasteiger partial charge is 0.368 e. The predicted octanol–water partition coefficient (Wildman–Crippen LogP) is 2.22. The lowest BCUT2D eigenvalue weighted by Gasteiger charge is -2.26. The Hall–Kier alpha value is -3.15. The van der Waals surface area contributed by atoms with Crippen LogP contribution < -0.4 is 11.1 Å². The first-order valence-corrected chi connectivity index (χ1v) is 9.84. The molecule has 1 saturated heterocycles. The Kier molecular flexibility index (Phi) is 6.01. The molecule has 0 spiro atoms. The van der Waals surface area contributed by atoms with Crippen molar-refractivity contribution in [2.24, 2.45) is 5.73 Å². The number of nitrogens with one attached hydrogen (secondary N) is 1. The number of carbonyl (C=O) groups is 3. The molecular formula is C23H27N3O3. The molecule has 0 aliphatic carbocycles. The third-order valence-electron chi connectivity index (χ3n) is 5.67. The van der Waals surface area contributed by atoms with Gasteiger partial charge in [-0.05, 0) is 36.1 Å². The van der Waals surface area contributed by atoms with Gasteiger partial charge in [0.15, 0.2) is 0 Å². The van der Waals surface area contributed by atoms with Gasteiger partial charge in [0.1, 0.15) is 6.04 Å². The van der Waals surface area contributed by atoms with Crippen molar-refractivity contribution in [3.63, 3.8) is 0 Å². The van der Waals surface area contributed by atoms with Crippen LogP contribution in [0.15, 0.2) is 54.6 Å². The molecule has 1 atom stereocenters. The van der Waals surface area contributed by atoms with Crippen LogP contribution in [0, 0.1) is 0 Å². The van der Waals surface area contributed by atoms with E-state index >= 15 is 0 Å². The van der Waals surface area contributed by atoms with Crippen LogP contribution in [-0.4, -0.2) is 41.8 Å². The van der Waals surface area contributed by atoms with Gasteiger partial charge in [-0.1, -0.05) is 56.3 Å². The second-order valence-corrected chi connectivity index (χ2v) is 7.90. The summed E-state index contributed by atoms with van der Waals surface area (Å²) in [5, 5.41) is 2.64. The van der Waals surface area contributed by atoms with E-state index in [9.17, 15) is 14.4 Å². The summed E-state index contributed by atoms with van der Waals surface area (Å²) in [4.78, 5) is 37.7. The van der Waals surface area contributed by atoms with Crippen LogP contribution in [-0.2, 0) is 15.0 Å². The molecule has 0 saturated carbocycles. The molecular weight excluding hydrogens is 366 g/mol. The summed E-state index contributed by atoms with van der Waals surface area (Å²) in [6, 6.07) is 17.0. The summed E-state index contributed by atoms with van der Waals surface area (Å²) in [6.07, 6.45) is 1.32. The highest BCUT2D eigenvalue weighted by Gasteiger charge is 2.32. The molecule has 0 aromatic heterocycles. The van der Waals surface area contributed by atoms with E-state index in [1.165, 1.54) is 10.5 Å². The molecule has 2 aromatic rings.